The van der Waals surface area contributed by atoms with Gasteiger partial charge in [-0.3, -0.25) is 4.79 Å². The van der Waals surface area contributed by atoms with Crippen LogP contribution in [0.3, 0.4) is 0 Å². The van der Waals surface area contributed by atoms with Crippen LogP contribution in [0.1, 0.15) is 38.1 Å². The molecule has 0 spiro atoms. The summed E-state index contributed by atoms with van der Waals surface area (Å²) in [6, 6.07) is 8.37. The topological polar surface area (TPSA) is 54.9 Å². The second-order valence-corrected chi connectivity index (χ2v) is 5.57. The SMILES string of the molecule is CCCCc1ccc(Nc2nc(CC(C)=O)ns2)cc1. The number of anilines is 2. The minimum absolute atomic E-state index is 0.0784. The van der Waals surface area contributed by atoms with Gasteiger partial charge in [-0.25, -0.2) is 4.98 Å². The molecule has 5 heteroatoms. The van der Waals surface area contributed by atoms with E-state index in [1.54, 1.807) is 6.92 Å². The summed E-state index contributed by atoms with van der Waals surface area (Å²) in [6.45, 7) is 3.74. The van der Waals surface area contributed by atoms with E-state index in [2.05, 4.69) is 45.9 Å². The van der Waals surface area contributed by atoms with E-state index in [1.165, 1.54) is 29.9 Å². The number of carbonyl (C=O) groups excluding carboxylic acids is 1. The average Bonchev–Trinajstić information content (AvgIpc) is 2.84. The average molecular weight is 289 g/mol. The first-order valence-electron chi connectivity index (χ1n) is 6.85. The number of nitrogens with one attached hydrogen (secondary N) is 1. The summed E-state index contributed by atoms with van der Waals surface area (Å²) >= 11 is 1.28. The van der Waals surface area contributed by atoms with Crippen molar-refractivity contribution in [1.29, 1.82) is 0 Å². The van der Waals surface area contributed by atoms with Crippen LogP contribution in [-0.4, -0.2) is 15.1 Å². The van der Waals surface area contributed by atoms with E-state index in [-0.39, 0.29) is 5.78 Å². The first kappa shape index (κ1) is 14.7. The van der Waals surface area contributed by atoms with Crippen LogP contribution in [-0.2, 0) is 17.6 Å². The number of aromatic nitrogens is 2. The Morgan fingerprint density at radius 1 is 1.30 bits per heavy atom. The zero-order valence-corrected chi connectivity index (χ0v) is 12.7. The van der Waals surface area contributed by atoms with E-state index in [0.29, 0.717) is 12.2 Å². The zero-order valence-electron chi connectivity index (χ0n) is 11.8. The molecule has 0 atom stereocenters. The summed E-state index contributed by atoms with van der Waals surface area (Å²) in [5, 5.41) is 3.94. The molecule has 2 aromatic rings. The van der Waals surface area contributed by atoms with Crippen LogP contribution in [0.4, 0.5) is 10.8 Å². The molecule has 0 aliphatic carbocycles. The standard InChI is InChI=1S/C15H19N3OS/c1-3-4-5-12-6-8-13(9-7-12)16-15-17-14(18-20-15)10-11(2)19/h6-9H,3-5,10H2,1-2H3,(H,16,17,18). The van der Waals surface area contributed by atoms with E-state index in [4.69, 9.17) is 0 Å². The molecule has 0 saturated heterocycles. The van der Waals surface area contributed by atoms with E-state index >= 15 is 0 Å². The lowest BCUT2D eigenvalue weighted by molar-refractivity contribution is -0.116. The van der Waals surface area contributed by atoms with E-state index in [0.717, 1.165) is 17.2 Å². The molecule has 0 aliphatic rings. The monoisotopic (exact) mass is 289 g/mol. The highest BCUT2D eigenvalue weighted by Crippen LogP contribution is 2.19. The summed E-state index contributed by atoms with van der Waals surface area (Å²) in [4.78, 5) is 15.3. The fourth-order valence-corrected chi connectivity index (χ4v) is 2.47. The first-order valence-corrected chi connectivity index (χ1v) is 7.62. The van der Waals surface area contributed by atoms with Gasteiger partial charge < -0.3 is 5.32 Å². The maximum absolute atomic E-state index is 11.0. The van der Waals surface area contributed by atoms with Crippen molar-refractivity contribution in [3.05, 3.63) is 35.7 Å². The molecule has 4 nitrogen and oxygen atoms in total. The van der Waals surface area contributed by atoms with Crippen LogP contribution in [0.5, 0.6) is 0 Å². The number of ketones is 1. The number of Topliss-reactive ketones (excluding diaryl/α,β-unsaturated/α-hetero) is 1. The van der Waals surface area contributed by atoms with Crippen molar-refractivity contribution in [2.24, 2.45) is 0 Å². The number of carbonyl (C=O) groups is 1. The van der Waals surface area contributed by atoms with Crippen molar-refractivity contribution in [2.75, 3.05) is 5.32 Å². The molecule has 0 bridgehead atoms. The highest BCUT2D eigenvalue weighted by Gasteiger charge is 2.06. The van der Waals surface area contributed by atoms with Crippen molar-refractivity contribution in [3.63, 3.8) is 0 Å². The molecule has 0 fully saturated rings. The van der Waals surface area contributed by atoms with E-state index in [1.807, 2.05) is 0 Å². The van der Waals surface area contributed by atoms with Crippen LogP contribution in [0.2, 0.25) is 0 Å². The summed E-state index contributed by atoms with van der Waals surface area (Å²) in [6.07, 6.45) is 3.85. The number of nitrogens with zero attached hydrogens (tertiary/aromatic N) is 2. The Kier molecular flexibility index (Phi) is 5.24. The van der Waals surface area contributed by atoms with Gasteiger partial charge in [0, 0.05) is 17.2 Å². The van der Waals surface area contributed by atoms with Crippen LogP contribution >= 0.6 is 11.5 Å². The van der Waals surface area contributed by atoms with Crippen molar-refractivity contribution >= 4 is 28.1 Å². The lowest BCUT2D eigenvalue weighted by atomic mass is 10.1. The zero-order chi connectivity index (χ0) is 14.4. The molecule has 0 unspecified atom stereocenters. The van der Waals surface area contributed by atoms with Gasteiger partial charge in [0.15, 0.2) is 5.82 Å². The van der Waals surface area contributed by atoms with Crippen LogP contribution in [0, 0.1) is 0 Å². The second-order valence-electron chi connectivity index (χ2n) is 4.82. The molecule has 0 radical (unpaired) electrons. The molecule has 2 rings (SSSR count). The Morgan fingerprint density at radius 2 is 2.05 bits per heavy atom. The van der Waals surface area contributed by atoms with Crippen molar-refractivity contribution in [1.82, 2.24) is 9.36 Å². The normalized spacial score (nSPS) is 10.5. The highest BCUT2D eigenvalue weighted by atomic mass is 32.1. The third-order valence-corrected chi connectivity index (χ3v) is 3.57. The number of rotatable bonds is 7. The van der Waals surface area contributed by atoms with E-state index < -0.39 is 0 Å². The van der Waals surface area contributed by atoms with Crippen molar-refractivity contribution in [3.8, 4) is 0 Å². The van der Waals surface area contributed by atoms with Gasteiger partial charge in [0.25, 0.3) is 0 Å². The number of unbranched alkanes of at least 4 members (excludes halogenated alkanes) is 1. The number of hydrogen-bond acceptors (Lipinski definition) is 5. The molecule has 1 aromatic heterocycles. The maximum Gasteiger partial charge on any atom is 0.207 e. The Hall–Kier alpha value is -1.75. The molecular formula is C15H19N3OS. The fraction of sp³-hybridized carbons (Fsp3) is 0.400. The fourth-order valence-electron chi connectivity index (χ4n) is 1.86. The van der Waals surface area contributed by atoms with Gasteiger partial charge >= 0.3 is 0 Å². The number of hydrogen-bond donors (Lipinski definition) is 1. The Bertz CT molecular complexity index is 563. The molecule has 0 saturated carbocycles. The molecule has 1 N–H and O–H groups in total. The van der Waals surface area contributed by atoms with Gasteiger partial charge in [-0.05, 0) is 37.5 Å². The highest BCUT2D eigenvalue weighted by molar-refractivity contribution is 7.09. The molecule has 20 heavy (non-hydrogen) atoms. The van der Waals surface area contributed by atoms with Gasteiger partial charge in [-0.1, -0.05) is 25.5 Å². The van der Waals surface area contributed by atoms with Crippen LogP contribution in [0.15, 0.2) is 24.3 Å². The first-order chi connectivity index (χ1) is 9.67. The molecule has 1 heterocycles. The van der Waals surface area contributed by atoms with Gasteiger partial charge in [-0.15, -0.1) is 0 Å². The largest absolute Gasteiger partial charge is 0.330 e. The smallest absolute Gasteiger partial charge is 0.207 e. The van der Waals surface area contributed by atoms with Crippen molar-refractivity contribution < 1.29 is 4.79 Å². The van der Waals surface area contributed by atoms with Gasteiger partial charge in [-0.2, -0.15) is 4.37 Å². The number of benzene rings is 1. The van der Waals surface area contributed by atoms with Gasteiger partial charge in [0.1, 0.15) is 5.78 Å². The van der Waals surface area contributed by atoms with Gasteiger partial charge in [0.2, 0.25) is 5.13 Å². The number of aryl methyl sites for hydroxylation is 1. The maximum atomic E-state index is 11.0. The Balaban J connectivity index is 1.95. The van der Waals surface area contributed by atoms with Crippen LogP contribution < -0.4 is 5.32 Å². The van der Waals surface area contributed by atoms with E-state index in [9.17, 15) is 4.79 Å². The molecular weight excluding hydrogens is 270 g/mol. The predicted octanol–water partition coefficient (Wildman–Crippen LogP) is 3.76. The lowest BCUT2D eigenvalue weighted by Gasteiger charge is -2.04. The molecule has 106 valence electrons. The third kappa shape index (κ3) is 4.42. The van der Waals surface area contributed by atoms with Crippen LogP contribution in [0.25, 0.3) is 0 Å². The third-order valence-electron chi connectivity index (χ3n) is 2.90. The minimum atomic E-state index is 0.0784. The summed E-state index contributed by atoms with van der Waals surface area (Å²) in [7, 11) is 0. The molecule has 0 aliphatic heterocycles. The second kappa shape index (κ2) is 7.14. The predicted molar refractivity (Wildman–Crippen MR) is 82.6 cm³/mol. The van der Waals surface area contributed by atoms with Crippen molar-refractivity contribution in [2.45, 2.75) is 39.5 Å². The summed E-state index contributed by atoms with van der Waals surface area (Å²) in [5.41, 5.74) is 2.35. The summed E-state index contributed by atoms with van der Waals surface area (Å²) in [5.74, 6) is 0.666. The quantitative estimate of drug-likeness (QED) is 0.843. The van der Waals surface area contributed by atoms with Gasteiger partial charge in [0.05, 0.1) is 6.42 Å². The Morgan fingerprint density at radius 3 is 2.70 bits per heavy atom. The minimum Gasteiger partial charge on any atom is -0.330 e. The molecule has 0 amide bonds. The summed E-state index contributed by atoms with van der Waals surface area (Å²) < 4.78 is 4.16. The Labute approximate surface area is 123 Å². The lowest BCUT2D eigenvalue weighted by Crippen LogP contribution is -1.98. The molecule has 1 aromatic carbocycles.